The van der Waals surface area contributed by atoms with Gasteiger partial charge in [0.25, 0.3) is 5.69 Å². The van der Waals surface area contributed by atoms with Crippen LogP contribution in [0.4, 0.5) is 10.1 Å². The van der Waals surface area contributed by atoms with Crippen molar-refractivity contribution in [3.05, 3.63) is 69.5 Å². The molecule has 2 atom stereocenters. The number of esters is 1. The molecule has 33 heavy (non-hydrogen) atoms. The Balaban J connectivity index is 2.29. The summed E-state index contributed by atoms with van der Waals surface area (Å²) in [6.07, 6.45) is -0.201. The number of nitro benzene ring substituents is 1. The lowest BCUT2D eigenvalue weighted by atomic mass is 10.0. The summed E-state index contributed by atoms with van der Waals surface area (Å²) in [6, 6.07) is 7.07. The first-order chi connectivity index (χ1) is 15.6. The fourth-order valence-corrected chi connectivity index (χ4v) is 3.22. The third kappa shape index (κ3) is 7.27. The van der Waals surface area contributed by atoms with Crippen molar-refractivity contribution in [3.8, 4) is 5.75 Å². The number of methoxy groups -OCH3 is 2. The van der Waals surface area contributed by atoms with Gasteiger partial charge in [0.05, 0.1) is 19.1 Å². The van der Waals surface area contributed by atoms with Crippen molar-refractivity contribution in [1.29, 1.82) is 0 Å². The number of nitrogens with one attached hydrogen (secondary N) is 2. The fraction of sp³-hybridized carbons (Fsp3) is 0.318. The molecule has 0 unspecified atom stereocenters. The number of amides is 2. The molecule has 176 valence electrons. The van der Waals surface area contributed by atoms with E-state index in [1.54, 1.807) is 6.07 Å². The van der Waals surface area contributed by atoms with Crippen molar-refractivity contribution < 1.29 is 33.2 Å². The number of nitro groups is 1. The van der Waals surface area contributed by atoms with Crippen molar-refractivity contribution in [2.75, 3.05) is 14.2 Å². The minimum absolute atomic E-state index is 0.0306. The van der Waals surface area contributed by atoms with E-state index < -0.39 is 40.6 Å². The highest BCUT2D eigenvalue weighted by Crippen LogP contribution is 2.25. The molecular formula is C22H24FN3O7. The molecule has 0 aromatic heterocycles. The molecular weight excluding hydrogens is 437 g/mol. The van der Waals surface area contributed by atoms with E-state index in [4.69, 9.17) is 9.47 Å². The summed E-state index contributed by atoms with van der Waals surface area (Å²) in [5.41, 5.74) is 0.533. The summed E-state index contributed by atoms with van der Waals surface area (Å²) in [5, 5.41) is 16.1. The van der Waals surface area contributed by atoms with E-state index in [1.807, 2.05) is 0 Å². The van der Waals surface area contributed by atoms with E-state index in [2.05, 4.69) is 10.6 Å². The summed E-state index contributed by atoms with van der Waals surface area (Å²) >= 11 is 0. The van der Waals surface area contributed by atoms with Gasteiger partial charge in [-0.15, -0.1) is 0 Å². The second-order valence-corrected chi connectivity index (χ2v) is 7.13. The van der Waals surface area contributed by atoms with Crippen LogP contribution in [0.1, 0.15) is 18.1 Å². The Hall–Kier alpha value is -4.02. The van der Waals surface area contributed by atoms with Gasteiger partial charge in [-0.2, -0.15) is 0 Å². The molecule has 2 rings (SSSR count). The van der Waals surface area contributed by atoms with E-state index in [0.717, 1.165) is 7.11 Å². The Morgan fingerprint density at radius 2 is 1.79 bits per heavy atom. The third-order valence-corrected chi connectivity index (χ3v) is 4.72. The van der Waals surface area contributed by atoms with E-state index in [1.165, 1.54) is 50.4 Å². The first kappa shape index (κ1) is 25.2. The number of benzene rings is 2. The van der Waals surface area contributed by atoms with Gasteiger partial charge in [-0.1, -0.05) is 12.1 Å². The van der Waals surface area contributed by atoms with E-state index in [0.29, 0.717) is 11.1 Å². The van der Waals surface area contributed by atoms with Crippen molar-refractivity contribution in [1.82, 2.24) is 10.6 Å². The number of nitrogens with zero attached hydrogens (tertiary/aromatic N) is 1. The highest BCUT2D eigenvalue weighted by molar-refractivity contribution is 5.90. The molecule has 0 radical (unpaired) electrons. The van der Waals surface area contributed by atoms with Crippen LogP contribution in [-0.2, 0) is 32.0 Å². The van der Waals surface area contributed by atoms with Crippen LogP contribution in [0.15, 0.2) is 42.5 Å². The van der Waals surface area contributed by atoms with Crippen molar-refractivity contribution in [2.24, 2.45) is 0 Å². The maximum Gasteiger partial charge on any atom is 0.328 e. The van der Waals surface area contributed by atoms with Crippen LogP contribution in [-0.4, -0.2) is 49.0 Å². The summed E-state index contributed by atoms with van der Waals surface area (Å²) in [7, 11) is 2.49. The topological polar surface area (TPSA) is 137 Å². The third-order valence-electron chi connectivity index (χ3n) is 4.72. The number of hydrogen-bond acceptors (Lipinski definition) is 7. The van der Waals surface area contributed by atoms with Gasteiger partial charge < -0.3 is 20.1 Å². The van der Waals surface area contributed by atoms with Gasteiger partial charge >= 0.3 is 5.97 Å². The molecule has 2 amide bonds. The highest BCUT2D eigenvalue weighted by atomic mass is 19.1. The lowest BCUT2D eigenvalue weighted by molar-refractivity contribution is -0.384. The van der Waals surface area contributed by atoms with Gasteiger partial charge in [-0.25, -0.2) is 9.18 Å². The van der Waals surface area contributed by atoms with Crippen LogP contribution in [0.5, 0.6) is 5.75 Å². The van der Waals surface area contributed by atoms with Gasteiger partial charge in [-0.05, 0) is 23.8 Å². The van der Waals surface area contributed by atoms with Gasteiger partial charge in [0.1, 0.15) is 23.7 Å². The van der Waals surface area contributed by atoms with E-state index in [9.17, 15) is 28.9 Å². The van der Waals surface area contributed by atoms with Crippen LogP contribution in [0.3, 0.4) is 0 Å². The predicted octanol–water partition coefficient (Wildman–Crippen LogP) is 1.69. The van der Waals surface area contributed by atoms with E-state index in [-0.39, 0.29) is 24.3 Å². The number of ether oxygens (including phenoxy) is 2. The maximum atomic E-state index is 13.5. The minimum atomic E-state index is -1.23. The molecule has 0 heterocycles. The van der Waals surface area contributed by atoms with Crippen molar-refractivity contribution in [3.63, 3.8) is 0 Å². The molecule has 0 bridgehead atoms. The summed E-state index contributed by atoms with van der Waals surface area (Å²) in [5.74, 6) is -2.23. The van der Waals surface area contributed by atoms with Gasteiger partial charge in [0.15, 0.2) is 0 Å². The monoisotopic (exact) mass is 461 g/mol. The summed E-state index contributed by atoms with van der Waals surface area (Å²) < 4.78 is 23.5. The number of halogens is 1. The smallest absolute Gasteiger partial charge is 0.328 e. The zero-order valence-corrected chi connectivity index (χ0v) is 18.3. The van der Waals surface area contributed by atoms with Crippen LogP contribution >= 0.6 is 0 Å². The molecule has 0 aliphatic rings. The van der Waals surface area contributed by atoms with Crippen molar-refractivity contribution >= 4 is 23.5 Å². The number of carbonyl (C=O) groups excluding carboxylic acids is 3. The molecule has 2 aromatic rings. The zero-order valence-electron chi connectivity index (χ0n) is 18.3. The highest BCUT2D eigenvalue weighted by Gasteiger charge is 2.28. The average molecular weight is 461 g/mol. The lowest BCUT2D eigenvalue weighted by Crippen LogP contribution is -2.53. The maximum absolute atomic E-state index is 13.5. The van der Waals surface area contributed by atoms with Gasteiger partial charge in [0, 0.05) is 37.5 Å². The largest absolute Gasteiger partial charge is 0.496 e. The van der Waals surface area contributed by atoms with E-state index >= 15 is 0 Å². The first-order valence-electron chi connectivity index (χ1n) is 9.85. The number of rotatable bonds is 10. The van der Waals surface area contributed by atoms with Gasteiger partial charge in [0.2, 0.25) is 11.8 Å². The Bertz CT molecular complexity index is 1040. The molecule has 11 heteroatoms. The zero-order chi connectivity index (χ0) is 24.5. The second-order valence-electron chi connectivity index (χ2n) is 7.13. The molecule has 0 saturated heterocycles. The molecule has 2 aromatic carbocycles. The fourth-order valence-electron chi connectivity index (χ4n) is 3.22. The number of hydrogen-bond donors (Lipinski definition) is 2. The SMILES string of the molecule is COC(=O)[C@@H](Cc1cc([N+](=O)[O-])ccc1OC)NC(=O)[C@@H](Cc1cccc(F)c1)NC(C)=O. The summed E-state index contributed by atoms with van der Waals surface area (Å²) in [6.45, 7) is 1.22. The molecule has 0 saturated carbocycles. The molecule has 0 aliphatic heterocycles. The molecule has 0 aliphatic carbocycles. The standard InChI is InChI=1S/C22H24FN3O7/c1-13(27)24-18(10-14-5-4-6-16(23)9-14)21(28)25-19(22(29)33-3)12-15-11-17(26(30)31)7-8-20(15)32-2/h4-9,11,18-19H,10,12H2,1-3H3,(H,24,27)(H,25,28)/t18-,19-/m1/s1. The Kier molecular flexibility index (Phi) is 8.84. The Morgan fingerprint density at radius 1 is 1.06 bits per heavy atom. The number of non-ortho nitro benzene ring substituents is 1. The molecule has 10 nitrogen and oxygen atoms in total. The molecule has 0 fully saturated rings. The van der Waals surface area contributed by atoms with Gasteiger partial charge in [-0.3, -0.25) is 19.7 Å². The summed E-state index contributed by atoms with van der Waals surface area (Å²) in [4.78, 5) is 47.5. The minimum Gasteiger partial charge on any atom is -0.496 e. The molecule has 2 N–H and O–H groups in total. The lowest BCUT2D eigenvalue weighted by Gasteiger charge is -2.22. The average Bonchev–Trinajstić information content (AvgIpc) is 2.77. The quantitative estimate of drug-likeness (QED) is 0.312. The first-order valence-corrected chi connectivity index (χ1v) is 9.85. The van der Waals surface area contributed by atoms with Crippen LogP contribution in [0, 0.1) is 15.9 Å². The van der Waals surface area contributed by atoms with Crippen molar-refractivity contribution in [2.45, 2.75) is 31.8 Å². The molecule has 0 spiro atoms. The Morgan fingerprint density at radius 3 is 2.36 bits per heavy atom. The predicted molar refractivity (Wildman–Crippen MR) is 115 cm³/mol. The second kappa shape index (κ2) is 11.6. The van der Waals surface area contributed by atoms with Crippen LogP contribution in [0.25, 0.3) is 0 Å². The Labute approximate surface area is 189 Å². The number of carbonyl (C=O) groups is 3. The normalized spacial score (nSPS) is 12.2. The van der Waals surface area contributed by atoms with Crippen LogP contribution in [0.2, 0.25) is 0 Å². The van der Waals surface area contributed by atoms with Crippen LogP contribution < -0.4 is 15.4 Å².